The van der Waals surface area contributed by atoms with E-state index in [4.69, 9.17) is 4.74 Å². The van der Waals surface area contributed by atoms with E-state index in [9.17, 15) is 0 Å². The van der Waals surface area contributed by atoms with Gasteiger partial charge >= 0.3 is 0 Å². The molecule has 3 rings (SSSR count). The molecule has 0 radical (unpaired) electrons. The second-order valence-corrected chi connectivity index (χ2v) is 4.58. The fourth-order valence-electron chi connectivity index (χ4n) is 2.21. The Kier molecular flexibility index (Phi) is 1.99. The van der Waals surface area contributed by atoms with Crippen LogP contribution in [0.15, 0.2) is 16.6 Å². The van der Waals surface area contributed by atoms with Crippen LogP contribution in [0, 0.1) is 0 Å². The van der Waals surface area contributed by atoms with E-state index in [1.807, 2.05) is 12.1 Å². The highest BCUT2D eigenvalue weighted by atomic mass is 79.9. The molecule has 2 heterocycles. The van der Waals surface area contributed by atoms with Crippen molar-refractivity contribution in [3.8, 4) is 5.75 Å². The Balaban J connectivity index is 2.42. The zero-order chi connectivity index (χ0) is 10.4. The van der Waals surface area contributed by atoms with Gasteiger partial charge < -0.3 is 9.30 Å². The van der Waals surface area contributed by atoms with Gasteiger partial charge in [-0.1, -0.05) is 0 Å². The normalized spacial score (nSPS) is 14.5. The number of rotatable bonds is 1. The van der Waals surface area contributed by atoms with Crippen molar-refractivity contribution in [3.63, 3.8) is 0 Å². The van der Waals surface area contributed by atoms with Crippen molar-refractivity contribution in [3.05, 3.63) is 22.4 Å². The molecule has 0 saturated heterocycles. The maximum Gasteiger partial charge on any atom is 0.144 e. The van der Waals surface area contributed by atoms with Crippen LogP contribution in [0.1, 0.15) is 12.2 Å². The Bertz CT molecular complexity index is 533. The molecular weight excluding hydrogens is 256 g/mol. The first-order chi connectivity index (χ1) is 7.31. The van der Waals surface area contributed by atoms with Gasteiger partial charge in [0.05, 0.1) is 7.11 Å². The fourth-order valence-corrected chi connectivity index (χ4v) is 2.62. The zero-order valence-corrected chi connectivity index (χ0v) is 10.0. The largest absolute Gasteiger partial charge is 0.494 e. The third-order valence-electron chi connectivity index (χ3n) is 2.89. The van der Waals surface area contributed by atoms with Gasteiger partial charge in [-0.05, 0) is 34.5 Å². The molecule has 1 aliphatic heterocycles. The van der Waals surface area contributed by atoms with Crippen molar-refractivity contribution in [2.24, 2.45) is 0 Å². The summed E-state index contributed by atoms with van der Waals surface area (Å²) < 4.78 is 8.69. The van der Waals surface area contributed by atoms with Crippen LogP contribution >= 0.6 is 15.9 Å². The highest BCUT2D eigenvalue weighted by Gasteiger charge is 2.20. The number of hydrogen-bond donors (Lipinski definition) is 0. The first kappa shape index (κ1) is 9.21. The van der Waals surface area contributed by atoms with Crippen LogP contribution in [-0.2, 0) is 13.0 Å². The number of aromatic nitrogens is 2. The van der Waals surface area contributed by atoms with Crippen molar-refractivity contribution in [2.45, 2.75) is 19.4 Å². The van der Waals surface area contributed by atoms with Gasteiger partial charge in [0, 0.05) is 17.4 Å². The Morgan fingerprint density at radius 3 is 3.13 bits per heavy atom. The van der Waals surface area contributed by atoms with E-state index in [0.717, 1.165) is 34.2 Å². The number of aryl methyl sites for hydroxylation is 2. The molecule has 0 atom stereocenters. The van der Waals surface area contributed by atoms with Crippen LogP contribution in [0.3, 0.4) is 0 Å². The van der Waals surface area contributed by atoms with Gasteiger partial charge in [0.2, 0.25) is 0 Å². The van der Waals surface area contributed by atoms with Crippen LogP contribution in [0.25, 0.3) is 11.0 Å². The zero-order valence-electron chi connectivity index (χ0n) is 8.46. The lowest BCUT2D eigenvalue weighted by atomic mass is 10.3. The third-order valence-corrected chi connectivity index (χ3v) is 3.53. The van der Waals surface area contributed by atoms with Crippen molar-refractivity contribution < 1.29 is 4.74 Å². The highest BCUT2D eigenvalue weighted by molar-refractivity contribution is 9.10. The predicted molar refractivity (Wildman–Crippen MR) is 62.3 cm³/mol. The van der Waals surface area contributed by atoms with Gasteiger partial charge in [0.25, 0.3) is 0 Å². The Labute approximate surface area is 96.2 Å². The average Bonchev–Trinajstić information content (AvgIpc) is 2.79. The van der Waals surface area contributed by atoms with E-state index in [-0.39, 0.29) is 0 Å². The summed E-state index contributed by atoms with van der Waals surface area (Å²) in [6, 6.07) is 3.98. The number of halogens is 1. The summed E-state index contributed by atoms with van der Waals surface area (Å²) in [5.74, 6) is 2.09. The maximum absolute atomic E-state index is 5.38. The van der Waals surface area contributed by atoms with Gasteiger partial charge in [0.15, 0.2) is 0 Å². The lowest BCUT2D eigenvalue weighted by molar-refractivity contribution is 0.417. The summed E-state index contributed by atoms with van der Waals surface area (Å²) in [7, 11) is 1.71. The van der Waals surface area contributed by atoms with Crippen LogP contribution in [0.2, 0.25) is 0 Å². The lowest BCUT2D eigenvalue weighted by Crippen LogP contribution is -1.94. The second kappa shape index (κ2) is 3.23. The number of ether oxygens (including phenoxy) is 1. The molecule has 0 aliphatic carbocycles. The molecule has 1 aliphatic rings. The number of benzene rings is 1. The van der Waals surface area contributed by atoms with E-state index in [1.165, 1.54) is 12.2 Å². The van der Waals surface area contributed by atoms with Gasteiger partial charge in [-0.3, -0.25) is 0 Å². The number of methoxy groups -OCH3 is 1. The molecule has 15 heavy (non-hydrogen) atoms. The summed E-state index contributed by atoms with van der Waals surface area (Å²) >= 11 is 3.53. The molecule has 2 aromatic rings. The van der Waals surface area contributed by atoms with E-state index >= 15 is 0 Å². The molecular formula is C11H11BrN2O. The Hall–Kier alpha value is -1.03. The molecule has 3 nitrogen and oxygen atoms in total. The highest BCUT2D eigenvalue weighted by Crippen LogP contribution is 2.34. The smallest absolute Gasteiger partial charge is 0.144 e. The summed E-state index contributed by atoms with van der Waals surface area (Å²) in [5.41, 5.74) is 2.14. The molecule has 1 aromatic carbocycles. The number of hydrogen-bond acceptors (Lipinski definition) is 2. The lowest BCUT2D eigenvalue weighted by Gasteiger charge is -2.05. The van der Waals surface area contributed by atoms with Crippen molar-refractivity contribution in [1.29, 1.82) is 0 Å². The van der Waals surface area contributed by atoms with Crippen LogP contribution in [-0.4, -0.2) is 16.7 Å². The summed E-state index contributed by atoms with van der Waals surface area (Å²) in [5, 5.41) is 0. The molecule has 0 spiro atoms. The van der Waals surface area contributed by atoms with E-state index in [0.29, 0.717) is 0 Å². The molecule has 0 N–H and O–H groups in total. The van der Waals surface area contributed by atoms with Crippen molar-refractivity contribution >= 4 is 27.0 Å². The minimum atomic E-state index is 0.911. The SMILES string of the molecule is COc1ccc(Br)c2nc3n(c12)CCC3. The second-order valence-electron chi connectivity index (χ2n) is 3.73. The van der Waals surface area contributed by atoms with Crippen LogP contribution in [0.5, 0.6) is 5.75 Å². The maximum atomic E-state index is 5.38. The van der Waals surface area contributed by atoms with Crippen molar-refractivity contribution in [1.82, 2.24) is 9.55 Å². The molecule has 0 fully saturated rings. The van der Waals surface area contributed by atoms with Gasteiger partial charge in [-0.25, -0.2) is 4.98 Å². The molecule has 78 valence electrons. The molecule has 0 amide bonds. The molecule has 0 bridgehead atoms. The summed E-state index contributed by atoms with van der Waals surface area (Å²) in [6.45, 7) is 1.05. The third kappa shape index (κ3) is 1.21. The number of fused-ring (bicyclic) bond motifs is 3. The molecule has 0 unspecified atom stereocenters. The van der Waals surface area contributed by atoms with E-state index in [1.54, 1.807) is 7.11 Å². The first-order valence-electron chi connectivity index (χ1n) is 5.03. The molecule has 0 saturated carbocycles. The quantitative estimate of drug-likeness (QED) is 0.794. The average molecular weight is 267 g/mol. The van der Waals surface area contributed by atoms with Crippen molar-refractivity contribution in [2.75, 3.05) is 7.11 Å². The fraction of sp³-hybridized carbons (Fsp3) is 0.364. The summed E-state index contributed by atoms with van der Waals surface area (Å²) in [6.07, 6.45) is 2.26. The molecule has 4 heteroatoms. The van der Waals surface area contributed by atoms with Crippen LogP contribution in [0.4, 0.5) is 0 Å². The van der Waals surface area contributed by atoms with Gasteiger partial charge in [-0.2, -0.15) is 0 Å². The predicted octanol–water partition coefficient (Wildman–Crippen LogP) is 2.75. The summed E-state index contributed by atoms with van der Waals surface area (Å²) in [4.78, 5) is 4.64. The van der Waals surface area contributed by atoms with E-state index < -0.39 is 0 Å². The number of imidazole rings is 1. The monoisotopic (exact) mass is 266 g/mol. The Morgan fingerprint density at radius 2 is 2.33 bits per heavy atom. The first-order valence-corrected chi connectivity index (χ1v) is 5.82. The van der Waals surface area contributed by atoms with Gasteiger partial charge in [-0.15, -0.1) is 0 Å². The Morgan fingerprint density at radius 1 is 1.47 bits per heavy atom. The standard InChI is InChI=1S/C11H11BrN2O/c1-15-8-5-4-7(12)10-11(8)14-6-2-3-9(14)13-10/h4-5H,2-3,6H2,1H3. The minimum Gasteiger partial charge on any atom is -0.494 e. The van der Waals surface area contributed by atoms with Gasteiger partial charge in [0.1, 0.15) is 22.6 Å². The van der Waals surface area contributed by atoms with Crippen LogP contribution < -0.4 is 4.74 Å². The molecule has 1 aromatic heterocycles. The van der Waals surface area contributed by atoms with E-state index in [2.05, 4.69) is 25.5 Å². The topological polar surface area (TPSA) is 27.1 Å². The minimum absolute atomic E-state index is 0.911. The number of nitrogens with zero attached hydrogens (tertiary/aromatic N) is 2.